The van der Waals surface area contributed by atoms with Gasteiger partial charge in [0.05, 0.1) is 5.92 Å². The first-order valence-corrected chi connectivity index (χ1v) is 9.84. The molecule has 1 N–H and O–H groups in total. The normalized spacial score (nSPS) is 16.3. The molecule has 7 nitrogen and oxygen atoms in total. The summed E-state index contributed by atoms with van der Waals surface area (Å²) in [6.45, 7) is 2.79. The van der Waals surface area contributed by atoms with Crippen molar-refractivity contribution in [2.24, 2.45) is 5.92 Å². The average Bonchev–Trinajstić information content (AvgIpc) is 3.25. The molecule has 8 heteroatoms. The highest BCUT2D eigenvalue weighted by Gasteiger charge is 2.30. The number of benzene rings is 1. The number of hydrogen-bond donors (Lipinski definition) is 1. The van der Waals surface area contributed by atoms with Gasteiger partial charge in [-0.3, -0.25) is 9.59 Å². The van der Waals surface area contributed by atoms with Crippen molar-refractivity contribution in [3.63, 3.8) is 0 Å². The number of carbonyl (C=O) groups excluding carboxylic acids is 2. The van der Waals surface area contributed by atoms with Crippen LogP contribution in [0.25, 0.3) is 5.69 Å². The van der Waals surface area contributed by atoms with E-state index in [0.29, 0.717) is 25.3 Å². The zero-order chi connectivity index (χ0) is 21.1. The number of para-hydroxylation sites is 1. The molecule has 154 valence electrons. The first kappa shape index (κ1) is 19.8. The molecule has 1 unspecified atom stereocenters. The average molecular weight is 407 g/mol. The third-order valence-electron chi connectivity index (χ3n) is 5.15. The van der Waals surface area contributed by atoms with Crippen molar-refractivity contribution in [1.29, 1.82) is 0 Å². The Kier molecular flexibility index (Phi) is 5.56. The third kappa shape index (κ3) is 4.22. The van der Waals surface area contributed by atoms with Gasteiger partial charge in [-0.15, -0.1) is 0 Å². The van der Waals surface area contributed by atoms with Gasteiger partial charge in [0, 0.05) is 25.5 Å². The molecule has 3 aromatic rings. The largest absolute Gasteiger partial charge is 0.336 e. The topological polar surface area (TPSA) is 80.1 Å². The van der Waals surface area contributed by atoms with Gasteiger partial charge in [-0.05, 0) is 49.6 Å². The lowest BCUT2D eigenvalue weighted by atomic mass is 9.97. The minimum atomic E-state index is -0.418. The minimum absolute atomic E-state index is 0.152. The number of nitrogens with zero attached hydrogens (tertiary/aromatic N) is 4. The van der Waals surface area contributed by atoms with Crippen molar-refractivity contribution in [2.75, 3.05) is 18.4 Å². The Morgan fingerprint density at radius 1 is 1.17 bits per heavy atom. The Hall–Kier alpha value is -3.55. The molecule has 2 amide bonds. The number of aryl methyl sites for hydroxylation is 1. The third-order valence-corrected chi connectivity index (χ3v) is 5.15. The summed E-state index contributed by atoms with van der Waals surface area (Å²) in [6, 6.07) is 11.4. The Morgan fingerprint density at radius 3 is 2.77 bits per heavy atom. The van der Waals surface area contributed by atoms with Crippen molar-refractivity contribution >= 4 is 17.6 Å². The van der Waals surface area contributed by atoms with E-state index in [1.807, 2.05) is 13.0 Å². The second-order valence-electron chi connectivity index (χ2n) is 7.40. The Morgan fingerprint density at radius 2 is 2.00 bits per heavy atom. The van der Waals surface area contributed by atoms with Gasteiger partial charge in [0.25, 0.3) is 5.91 Å². The molecule has 30 heavy (non-hydrogen) atoms. The first-order valence-electron chi connectivity index (χ1n) is 9.84. The quantitative estimate of drug-likeness (QED) is 0.720. The van der Waals surface area contributed by atoms with Crippen molar-refractivity contribution in [1.82, 2.24) is 19.7 Å². The van der Waals surface area contributed by atoms with Gasteiger partial charge in [-0.25, -0.2) is 14.1 Å². The lowest BCUT2D eigenvalue weighted by Gasteiger charge is -2.31. The Bertz CT molecular complexity index is 1060. The summed E-state index contributed by atoms with van der Waals surface area (Å²) in [6.07, 6.45) is 4.67. The summed E-state index contributed by atoms with van der Waals surface area (Å²) in [5, 5.41) is 7.06. The van der Waals surface area contributed by atoms with Crippen LogP contribution < -0.4 is 5.32 Å². The number of pyridine rings is 1. The van der Waals surface area contributed by atoms with E-state index in [4.69, 9.17) is 0 Å². The molecule has 1 aromatic carbocycles. The molecule has 0 aliphatic carbocycles. The van der Waals surface area contributed by atoms with Crippen LogP contribution in [0.1, 0.15) is 28.9 Å². The van der Waals surface area contributed by atoms with Gasteiger partial charge in [0.2, 0.25) is 5.91 Å². The van der Waals surface area contributed by atoms with Crippen LogP contribution in [-0.4, -0.2) is 44.6 Å². The zero-order valence-electron chi connectivity index (χ0n) is 16.6. The number of hydrogen-bond acceptors (Lipinski definition) is 4. The summed E-state index contributed by atoms with van der Waals surface area (Å²) >= 11 is 0. The van der Waals surface area contributed by atoms with E-state index in [0.717, 1.165) is 12.0 Å². The van der Waals surface area contributed by atoms with Crippen LogP contribution in [0.5, 0.6) is 0 Å². The van der Waals surface area contributed by atoms with Gasteiger partial charge < -0.3 is 10.2 Å². The number of anilines is 1. The number of likely N-dealkylation sites (tertiary alicyclic amines) is 1. The number of rotatable bonds is 4. The number of aromatic nitrogens is 3. The van der Waals surface area contributed by atoms with Gasteiger partial charge in [-0.1, -0.05) is 18.2 Å². The molecule has 0 saturated carbocycles. The van der Waals surface area contributed by atoms with Crippen LogP contribution in [-0.2, 0) is 4.79 Å². The van der Waals surface area contributed by atoms with Crippen LogP contribution in [0, 0.1) is 18.7 Å². The van der Waals surface area contributed by atoms with E-state index in [1.165, 1.54) is 10.7 Å². The van der Waals surface area contributed by atoms with Crippen LogP contribution in [0.3, 0.4) is 0 Å². The molecule has 3 heterocycles. The van der Waals surface area contributed by atoms with Gasteiger partial charge in [0.1, 0.15) is 17.3 Å². The number of nitrogens with one attached hydrogen (secondary N) is 1. The molecule has 2 aromatic heterocycles. The van der Waals surface area contributed by atoms with E-state index >= 15 is 0 Å². The predicted molar refractivity (Wildman–Crippen MR) is 110 cm³/mol. The van der Waals surface area contributed by atoms with Crippen LogP contribution in [0.4, 0.5) is 10.2 Å². The lowest BCUT2D eigenvalue weighted by molar-refractivity contribution is -0.121. The zero-order valence-corrected chi connectivity index (χ0v) is 16.6. The van der Waals surface area contributed by atoms with Crippen molar-refractivity contribution in [3.05, 3.63) is 71.9 Å². The first-order chi connectivity index (χ1) is 14.5. The van der Waals surface area contributed by atoms with E-state index in [9.17, 15) is 14.0 Å². The fourth-order valence-corrected chi connectivity index (χ4v) is 3.52. The molecule has 1 saturated heterocycles. The smallest absolute Gasteiger partial charge is 0.274 e. The minimum Gasteiger partial charge on any atom is -0.336 e. The Labute approximate surface area is 173 Å². The molecule has 0 radical (unpaired) electrons. The molecule has 1 atom stereocenters. The van der Waals surface area contributed by atoms with Crippen molar-refractivity contribution < 1.29 is 14.0 Å². The Balaban J connectivity index is 1.43. The highest BCUT2D eigenvalue weighted by molar-refractivity contribution is 5.95. The summed E-state index contributed by atoms with van der Waals surface area (Å²) in [4.78, 5) is 31.4. The van der Waals surface area contributed by atoms with Gasteiger partial charge in [-0.2, -0.15) is 5.10 Å². The highest BCUT2D eigenvalue weighted by atomic mass is 19.1. The number of halogens is 1. The van der Waals surface area contributed by atoms with E-state index in [2.05, 4.69) is 15.4 Å². The van der Waals surface area contributed by atoms with Crippen LogP contribution >= 0.6 is 0 Å². The number of carbonyl (C=O) groups is 2. The molecule has 1 fully saturated rings. The summed E-state index contributed by atoms with van der Waals surface area (Å²) in [7, 11) is 0. The summed E-state index contributed by atoms with van der Waals surface area (Å²) in [5.74, 6) is -0.659. The second-order valence-corrected chi connectivity index (χ2v) is 7.40. The molecular formula is C22H22FN5O2. The fraction of sp³-hybridized carbons (Fsp3) is 0.273. The molecule has 0 bridgehead atoms. The fourth-order valence-electron chi connectivity index (χ4n) is 3.52. The second kappa shape index (κ2) is 8.44. The van der Waals surface area contributed by atoms with E-state index in [1.54, 1.807) is 47.6 Å². The van der Waals surface area contributed by atoms with Gasteiger partial charge >= 0.3 is 0 Å². The molecule has 1 aliphatic heterocycles. The maximum Gasteiger partial charge on any atom is 0.274 e. The predicted octanol–water partition coefficient (Wildman–Crippen LogP) is 3.21. The van der Waals surface area contributed by atoms with Gasteiger partial charge in [0.15, 0.2) is 5.69 Å². The molecule has 4 rings (SSSR count). The molecular weight excluding hydrogens is 385 g/mol. The molecule has 0 spiro atoms. The van der Waals surface area contributed by atoms with Crippen molar-refractivity contribution in [3.8, 4) is 5.69 Å². The maximum absolute atomic E-state index is 14.0. The van der Waals surface area contributed by atoms with Crippen LogP contribution in [0.2, 0.25) is 0 Å². The SMILES string of the molecule is Cc1ccc(NC(=O)C2CCCN(C(=O)c3ccn(-c4ccccc4F)n3)C2)nc1. The van der Waals surface area contributed by atoms with E-state index in [-0.39, 0.29) is 29.1 Å². The molecule has 1 aliphatic rings. The lowest BCUT2D eigenvalue weighted by Crippen LogP contribution is -2.44. The number of piperidine rings is 1. The van der Waals surface area contributed by atoms with Crippen molar-refractivity contribution in [2.45, 2.75) is 19.8 Å². The number of amides is 2. The summed E-state index contributed by atoms with van der Waals surface area (Å²) < 4.78 is 15.3. The van der Waals surface area contributed by atoms with E-state index < -0.39 is 5.82 Å². The monoisotopic (exact) mass is 407 g/mol. The van der Waals surface area contributed by atoms with Crippen LogP contribution in [0.15, 0.2) is 54.9 Å². The highest BCUT2D eigenvalue weighted by Crippen LogP contribution is 2.20. The summed E-state index contributed by atoms with van der Waals surface area (Å²) in [5.41, 5.74) is 1.51. The standard InChI is InChI=1S/C22H22FN5O2/c1-15-8-9-20(24-13-15)25-21(29)16-5-4-11-27(14-16)22(30)18-10-12-28(26-18)19-7-3-2-6-17(19)23/h2-3,6-10,12-13,16H,4-5,11,14H2,1H3,(H,24,25,29). The maximum atomic E-state index is 14.0.